The lowest BCUT2D eigenvalue weighted by Gasteiger charge is -2.18. The normalized spacial score (nSPS) is 12.0. The van der Waals surface area contributed by atoms with Crippen molar-refractivity contribution in [3.63, 3.8) is 0 Å². The van der Waals surface area contributed by atoms with Crippen molar-refractivity contribution in [1.29, 1.82) is 0 Å². The second-order valence-corrected chi connectivity index (χ2v) is 6.63. The minimum Gasteiger partial charge on any atom is -0.489 e. The third-order valence-corrected chi connectivity index (χ3v) is 4.03. The molecule has 2 aromatic heterocycles. The number of nitrogens with one attached hydrogen (secondary N) is 1. The van der Waals surface area contributed by atoms with Crippen LogP contribution in [0.2, 0.25) is 0 Å². The maximum atomic E-state index is 11.9. The van der Waals surface area contributed by atoms with E-state index in [1.54, 1.807) is 30.7 Å². The summed E-state index contributed by atoms with van der Waals surface area (Å²) in [4.78, 5) is 22.5. The van der Waals surface area contributed by atoms with Gasteiger partial charge in [-0.2, -0.15) is 0 Å². The number of benzene rings is 1. The number of furan rings is 1. The first-order valence-corrected chi connectivity index (χ1v) is 9.11. The summed E-state index contributed by atoms with van der Waals surface area (Å²) in [5.74, 6) is 0.810. The minimum absolute atomic E-state index is 0.175. The van der Waals surface area contributed by atoms with Gasteiger partial charge in [0.1, 0.15) is 11.9 Å². The second-order valence-electron chi connectivity index (χ2n) is 6.63. The first-order valence-electron chi connectivity index (χ1n) is 9.11. The molecule has 7 nitrogen and oxygen atoms in total. The minimum atomic E-state index is -0.250. The van der Waals surface area contributed by atoms with Crippen LogP contribution in [0.5, 0.6) is 5.75 Å². The molecule has 0 spiro atoms. The molecule has 1 N–H and O–H groups in total. The highest BCUT2D eigenvalue weighted by molar-refractivity contribution is 5.91. The van der Waals surface area contributed by atoms with Crippen molar-refractivity contribution in [1.82, 2.24) is 20.2 Å². The highest BCUT2D eigenvalue weighted by Crippen LogP contribution is 2.16. The van der Waals surface area contributed by atoms with Crippen molar-refractivity contribution in [3.05, 3.63) is 78.3 Å². The number of hydrogen-bond acceptors (Lipinski definition) is 6. The third-order valence-electron chi connectivity index (χ3n) is 4.03. The van der Waals surface area contributed by atoms with E-state index < -0.39 is 0 Å². The van der Waals surface area contributed by atoms with Crippen LogP contribution in [0.25, 0.3) is 0 Å². The number of hydrogen-bond donors (Lipinski definition) is 1. The maximum absolute atomic E-state index is 11.9. The van der Waals surface area contributed by atoms with Gasteiger partial charge >= 0.3 is 0 Å². The van der Waals surface area contributed by atoms with Crippen LogP contribution in [0.15, 0.2) is 65.7 Å². The van der Waals surface area contributed by atoms with Gasteiger partial charge in [-0.3, -0.25) is 19.7 Å². The van der Waals surface area contributed by atoms with Gasteiger partial charge in [0, 0.05) is 31.7 Å². The van der Waals surface area contributed by atoms with Crippen molar-refractivity contribution in [2.75, 3.05) is 13.6 Å². The summed E-state index contributed by atoms with van der Waals surface area (Å²) in [6.45, 7) is 3.77. The van der Waals surface area contributed by atoms with Gasteiger partial charge in [-0.15, -0.1) is 0 Å². The number of nitrogens with zero attached hydrogens (tertiary/aromatic N) is 3. The molecular formula is C21H24N4O3. The number of carbonyl (C=O) groups is 1. The molecule has 1 aromatic carbocycles. The summed E-state index contributed by atoms with van der Waals surface area (Å²) in [7, 11) is 2.04. The Labute approximate surface area is 164 Å². The molecule has 0 unspecified atom stereocenters. The number of aromatic nitrogens is 2. The van der Waals surface area contributed by atoms with E-state index in [1.807, 2.05) is 32.2 Å². The molecule has 0 saturated carbocycles. The smallest absolute Gasteiger partial charge is 0.287 e. The standard InChI is InChI=1S/C21H24N4O3/c1-16(12-24-21(26)20-7-4-10-27-20)28-19-6-3-5-17(11-19)14-25(2)15-18-13-22-8-9-23-18/h3-11,13,16H,12,14-15H2,1-2H3,(H,24,26)/t16-/m0/s1. The van der Waals surface area contributed by atoms with E-state index in [9.17, 15) is 4.79 Å². The zero-order chi connectivity index (χ0) is 19.8. The zero-order valence-corrected chi connectivity index (χ0v) is 16.0. The second kappa shape index (κ2) is 9.66. The fraction of sp³-hybridized carbons (Fsp3) is 0.286. The maximum Gasteiger partial charge on any atom is 0.287 e. The summed E-state index contributed by atoms with van der Waals surface area (Å²) in [6.07, 6.45) is 6.44. The van der Waals surface area contributed by atoms with Crippen LogP contribution < -0.4 is 10.1 Å². The van der Waals surface area contributed by atoms with Crippen molar-refractivity contribution in [2.45, 2.75) is 26.1 Å². The van der Waals surface area contributed by atoms with Crippen LogP contribution in [0.1, 0.15) is 28.7 Å². The SMILES string of the molecule is C[C@@H](CNC(=O)c1ccco1)Oc1cccc(CN(C)Cc2cnccn2)c1. The van der Waals surface area contributed by atoms with Gasteiger partial charge in [0.15, 0.2) is 5.76 Å². The molecule has 1 atom stereocenters. The Hall–Kier alpha value is -3.19. The number of rotatable bonds is 9. The molecule has 0 fully saturated rings. The van der Waals surface area contributed by atoms with Crippen LogP contribution in [-0.4, -0.2) is 40.5 Å². The van der Waals surface area contributed by atoms with Gasteiger partial charge in [0.2, 0.25) is 0 Å². The molecule has 0 radical (unpaired) electrons. The first-order chi connectivity index (χ1) is 13.6. The summed E-state index contributed by atoms with van der Waals surface area (Å²) in [6, 6.07) is 11.3. The van der Waals surface area contributed by atoms with Crippen LogP contribution in [0.4, 0.5) is 0 Å². The number of carbonyl (C=O) groups excluding carboxylic acids is 1. The molecule has 7 heteroatoms. The Morgan fingerprint density at radius 1 is 1.25 bits per heavy atom. The van der Waals surface area contributed by atoms with E-state index in [4.69, 9.17) is 9.15 Å². The van der Waals surface area contributed by atoms with Crippen molar-refractivity contribution in [3.8, 4) is 5.75 Å². The average Bonchev–Trinajstić information content (AvgIpc) is 3.22. The Kier molecular flexibility index (Phi) is 6.75. The Bertz CT molecular complexity index is 868. The highest BCUT2D eigenvalue weighted by Gasteiger charge is 2.11. The number of ether oxygens (including phenoxy) is 1. The largest absolute Gasteiger partial charge is 0.489 e. The predicted octanol–water partition coefficient (Wildman–Crippen LogP) is 2.90. The molecule has 1 amide bonds. The van der Waals surface area contributed by atoms with E-state index in [0.29, 0.717) is 18.8 Å². The van der Waals surface area contributed by atoms with E-state index in [-0.39, 0.29) is 12.0 Å². The molecule has 28 heavy (non-hydrogen) atoms. The first kappa shape index (κ1) is 19.6. The predicted molar refractivity (Wildman–Crippen MR) is 105 cm³/mol. The molecule has 146 valence electrons. The van der Waals surface area contributed by atoms with E-state index in [2.05, 4.69) is 26.3 Å². The third kappa shape index (κ3) is 5.92. The van der Waals surface area contributed by atoms with Crippen molar-refractivity contribution >= 4 is 5.91 Å². The zero-order valence-electron chi connectivity index (χ0n) is 16.0. The van der Waals surface area contributed by atoms with Gasteiger partial charge in [0.05, 0.1) is 18.5 Å². The van der Waals surface area contributed by atoms with Gasteiger partial charge in [0.25, 0.3) is 5.91 Å². The molecule has 0 aliphatic carbocycles. The van der Waals surface area contributed by atoms with E-state index in [0.717, 1.165) is 23.6 Å². The van der Waals surface area contributed by atoms with E-state index in [1.165, 1.54) is 6.26 Å². The topological polar surface area (TPSA) is 80.5 Å². The van der Waals surface area contributed by atoms with Crippen molar-refractivity contribution in [2.24, 2.45) is 0 Å². The monoisotopic (exact) mass is 380 g/mol. The number of amides is 1. The molecule has 0 aliphatic heterocycles. The van der Waals surface area contributed by atoms with Gasteiger partial charge in [-0.25, -0.2) is 0 Å². The lowest BCUT2D eigenvalue weighted by molar-refractivity contribution is 0.0904. The summed E-state index contributed by atoms with van der Waals surface area (Å²) < 4.78 is 11.0. The fourth-order valence-corrected chi connectivity index (χ4v) is 2.78. The molecule has 3 aromatic rings. The average molecular weight is 380 g/mol. The molecule has 0 bridgehead atoms. The van der Waals surface area contributed by atoms with E-state index >= 15 is 0 Å². The van der Waals surface area contributed by atoms with Gasteiger partial charge < -0.3 is 14.5 Å². The fourth-order valence-electron chi connectivity index (χ4n) is 2.78. The molecule has 0 aliphatic rings. The van der Waals surface area contributed by atoms with Crippen LogP contribution in [0.3, 0.4) is 0 Å². The summed E-state index contributed by atoms with van der Waals surface area (Å²) in [5, 5.41) is 2.80. The summed E-state index contributed by atoms with van der Waals surface area (Å²) >= 11 is 0. The quantitative estimate of drug-likeness (QED) is 0.615. The van der Waals surface area contributed by atoms with Crippen LogP contribution >= 0.6 is 0 Å². The Morgan fingerprint density at radius 2 is 2.14 bits per heavy atom. The molecular weight excluding hydrogens is 356 g/mol. The molecule has 2 heterocycles. The lowest BCUT2D eigenvalue weighted by Crippen LogP contribution is -2.33. The molecule has 3 rings (SSSR count). The van der Waals surface area contributed by atoms with Crippen LogP contribution in [0, 0.1) is 0 Å². The Morgan fingerprint density at radius 3 is 2.89 bits per heavy atom. The molecule has 0 saturated heterocycles. The highest BCUT2D eigenvalue weighted by atomic mass is 16.5. The van der Waals surface area contributed by atoms with Crippen molar-refractivity contribution < 1.29 is 13.9 Å². The van der Waals surface area contributed by atoms with Gasteiger partial charge in [-0.1, -0.05) is 12.1 Å². The summed E-state index contributed by atoms with van der Waals surface area (Å²) in [5.41, 5.74) is 2.06. The van der Waals surface area contributed by atoms with Gasteiger partial charge in [-0.05, 0) is 43.8 Å². The van der Waals surface area contributed by atoms with Crippen LogP contribution in [-0.2, 0) is 13.1 Å². The Balaban J connectivity index is 1.49. The lowest BCUT2D eigenvalue weighted by atomic mass is 10.2.